The first-order valence-electron chi connectivity index (χ1n) is 6.00. The molecule has 4 nitrogen and oxygen atoms in total. The minimum Gasteiger partial charge on any atom is -0.308 e. The quantitative estimate of drug-likeness (QED) is 0.554. The lowest BCUT2D eigenvalue weighted by molar-refractivity contribution is 1.19. The van der Waals surface area contributed by atoms with Gasteiger partial charge >= 0.3 is 0 Å². The molecule has 5 heteroatoms. The van der Waals surface area contributed by atoms with Gasteiger partial charge < -0.3 is 5.43 Å². The summed E-state index contributed by atoms with van der Waals surface area (Å²) in [6.07, 6.45) is 0. The molecule has 0 bridgehead atoms. The van der Waals surface area contributed by atoms with E-state index in [0.717, 1.165) is 15.8 Å². The summed E-state index contributed by atoms with van der Waals surface area (Å²) in [6, 6.07) is 9.95. The van der Waals surface area contributed by atoms with Gasteiger partial charge in [-0.25, -0.2) is 15.8 Å². The number of nitrogens with zero attached hydrogens (tertiary/aromatic N) is 2. The van der Waals surface area contributed by atoms with Crippen LogP contribution in [0.5, 0.6) is 0 Å². The summed E-state index contributed by atoms with van der Waals surface area (Å²) in [6.45, 7) is 4.20. The predicted molar refractivity (Wildman–Crippen MR) is 80.1 cm³/mol. The van der Waals surface area contributed by atoms with E-state index in [9.17, 15) is 0 Å². The standard InChI is InChI=1S/C14H14N4S/c1-8-7-12(19-9(8)2)14-16-11-6-4-3-5-10(11)13(17-14)18-15/h3-7H,15H2,1-2H3,(H,16,17,18). The van der Waals surface area contributed by atoms with E-state index in [1.807, 2.05) is 24.3 Å². The van der Waals surface area contributed by atoms with Gasteiger partial charge in [0.15, 0.2) is 11.6 Å². The molecule has 0 unspecified atom stereocenters. The second kappa shape index (κ2) is 4.60. The lowest BCUT2D eigenvalue weighted by Crippen LogP contribution is -2.10. The second-order valence-corrected chi connectivity index (χ2v) is 5.66. The number of hydrogen-bond acceptors (Lipinski definition) is 5. The van der Waals surface area contributed by atoms with Crippen molar-refractivity contribution in [2.24, 2.45) is 5.84 Å². The first-order valence-corrected chi connectivity index (χ1v) is 6.81. The minimum atomic E-state index is 0.657. The van der Waals surface area contributed by atoms with Gasteiger partial charge in [0.2, 0.25) is 0 Å². The van der Waals surface area contributed by atoms with Gasteiger partial charge in [0.25, 0.3) is 0 Å². The third-order valence-corrected chi connectivity index (χ3v) is 4.27. The van der Waals surface area contributed by atoms with E-state index in [1.54, 1.807) is 11.3 Å². The normalized spacial score (nSPS) is 10.9. The fraction of sp³-hybridized carbons (Fsp3) is 0.143. The molecule has 3 aromatic rings. The monoisotopic (exact) mass is 270 g/mol. The molecule has 0 fully saturated rings. The number of aryl methyl sites for hydroxylation is 2. The number of para-hydroxylation sites is 1. The highest BCUT2D eigenvalue weighted by atomic mass is 32.1. The number of nitrogens with two attached hydrogens (primary N) is 1. The molecule has 0 spiro atoms. The highest BCUT2D eigenvalue weighted by Gasteiger charge is 2.11. The van der Waals surface area contributed by atoms with Crippen molar-refractivity contribution in [3.05, 3.63) is 40.8 Å². The van der Waals surface area contributed by atoms with E-state index < -0.39 is 0 Å². The average molecular weight is 270 g/mol. The van der Waals surface area contributed by atoms with Crippen molar-refractivity contribution in [2.45, 2.75) is 13.8 Å². The molecule has 0 aliphatic heterocycles. The molecule has 0 radical (unpaired) electrons. The van der Waals surface area contributed by atoms with Crippen molar-refractivity contribution < 1.29 is 0 Å². The van der Waals surface area contributed by atoms with Crippen molar-refractivity contribution in [1.29, 1.82) is 0 Å². The summed E-state index contributed by atoms with van der Waals surface area (Å²) >= 11 is 1.70. The van der Waals surface area contributed by atoms with Crippen LogP contribution in [0.1, 0.15) is 10.4 Å². The van der Waals surface area contributed by atoms with E-state index in [1.165, 1.54) is 10.4 Å². The number of benzene rings is 1. The zero-order valence-electron chi connectivity index (χ0n) is 10.8. The Morgan fingerprint density at radius 3 is 2.63 bits per heavy atom. The van der Waals surface area contributed by atoms with E-state index in [-0.39, 0.29) is 0 Å². The van der Waals surface area contributed by atoms with Crippen molar-refractivity contribution >= 4 is 28.1 Å². The van der Waals surface area contributed by atoms with Gasteiger partial charge in [-0.15, -0.1) is 11.3 Å². The fourth-order valence-corrected chi connectivity index (χ4v) is 2.95. The van der Waals surface area contributed by atoms with Gasteiger partial charge in [0.1, 0.15) is 0 Å². The Morgan fingerprint density at radius 2 is 1.95 bits per heavy atom. The van der Waals surface area contributed by atoms with Crippen molar-refractivity contribution in [3.8, 4) is 10.7 Å². The molecule has 3 N–H and O–H groups in total. The fourth-order valence-electron chi connectivity index (χ4n) is 1.98. The van der Waals surface area contributed by atoms with Crippen LogP contribution in [0.15, 0.2) is 30.3 Å². The lowest BCUT2D eigenvalue weighted by atomic mass is 10.2. The first-order chi connectivity index (χ1) is 9.19. The summed E-state index contributed by atoms with van der Waals surface area (Å²) in [4.78, 5) is 11.5. The minimum absolute atomic E-state index is 0.657. The van der Waals surface area contributed by atoms with Crippen LogP contribution < -0.4 is 11.3 Å². The van der Waals surface area contributed by atoms with Crippen LogP contribution in [0, 0.1) is 13.8 Å². The molecule has 19 heavy (non-hydrogen) atoms. The van der Waals surface area contributed by atoms with Crippen LogP contribution in [0.3, 0.4) is 0 Å². The Morgan fingerprint density at radius 1 is 1.16 bits per heavy atom. The van der Waals surface area contributed by atoms with Crippen molar-refractivity contribution in [1.82, 2.24) is 9.97 Å². The van der Waals surface area contributed by atoms with Gasteiger partial charge in [0.05, 0.1) is 10.4 Å². The van der Waals surface area contributed by atoms with Crippen molar-refractivity contribution in [3.63, 3.8) is 0 Å². The molecule has 3 rings (SSSR count). The third-order valence-electron chi connectivity index (χ3n) is 3.13. The highest BCUT2D eigenvalue weighted by Crippen LogP contribution is 2.31. The number of hydrazine groups is 1. The number of nitrogens with one attached hydrogen (secondary N) is 1. The number of hydrogen-bond donors (Lipinski definition) is 2. The lowest BCUT2D eigenvalue weighted by Gasteiger charge is -2.06. The largest absolute Gasteiger partial charge is 0.308 e. The Hall–Kier alpha value is -1.98. The van der Waals surface area contributed by atoms with E-state index >= 15 is 0 Å². The molecule has 2 heterocycles. The summed E-state index contributed by atoms with van der Waals surface area (Å²) in [5.41, 5.74) is 4.81. The van der Waals surface area contributed by atoms with Crippen LogP contribution in [-0.4, -0.2) is 9.97 Å². The second-order valence-electron chi connectivity index (χ2n) is 4.41. The smallest absolute Gasteiger partial charge is 0.172 e. The Kier molecular flexibility index (Phi) is 2.93. The molecule has 0 saturated heterocycles. The maximum absolute atomic E-state index is 5.56. The number of aromatic nitrogens is 2. The molecule has 0 aliphatic carbocycles. The average Bonchev–Trinajstić information content (AvgIpc) is 2.77. The summed E-state index contributed by atoms with van der Waals surface area (Å²) < 4.78 is 0. The Bertz CT molecular complexity index is 729. The summed E-state index contributed by atoms with van der Waals surface area (Å²) in [7, 11) is 0. The zero-order valence-corrected chi connectivity index (χ0v) is 11.6. The molecule has 1 aromatic carbocycles. The number of thiophene rings is 1. The molecule has 0 saturated carbocycles. The molecule has 0 atom stereocenters. The molecule has 2 aromatic heterocycles. The van der Waals surface area contributed by atoms with Gasteiger partial charge in [-0.1, -0.05) is 12.1 Å². The molecule has 96 valence electrons. The third kappa shape index (κ3) is 2.07. The Balaban J connectivity index is 2.24. The number of rotatable bonds is 2. The maximum Gasteiger partial charge on any atom is 0.172 e. The SMILES string of the molecule is Cc1cc(-c2nc(NN)c3ccccc3n2)sc1C. The number of fused-ring (bicyclic) bond motifs is 1. The summed E-state index contributed by atoms with van der Waals surface area (Å²) in [5, 5.41) is 0.929. The number of anilines is 1. The molecular formula is C14H14N4S. The van der Waals surface area contributed by atoms with Crippen LogP contribution in [0.25, 0.3) is 21.6 Å². The summed E-state index contributed by atoms with van der Waals surface area (Å²) in [5.74, 6) is 6.93. The van der Waals surface area contributed by atoms with E-state index in [4.69, 9.17) is 5.84 Å². The Labute approximate surface area is 115 Å². The molecular weight excluding hydrogens is 256 g/mol. The molecule has 0 amide bonds. The molecule has 0 aliphatic rings. The van der Waals surface area contributed by atoms with Crippen LogP contribution in [0.4, 0.5) is 5.82 Å². The van der Waals surface area contributed by atoms with E-state index in [0.29, 0.717) is 11.6 Å². The van der Waals surface area contributed by atoms with E-state index in [2.05, 4.69) is 35.3 Å². The van der Waals surface area contributed by atoms with Crippen LogP contribution in [0.2, 0.25) is 0 Å². The van der Waals surface area contributed by atoms with Crippen molar-refractivity contribution in [2.75, 3.05) is 5.43 Å². The van der Waals surface area contributed by atoms with Crippen LogP contribution in [-0.2, 0) is 0 Å². The van der Waals surface area contributed by atoms with Gasteiger partial charge in [-0.3, -0.25) is 0 Å². The maximum atomic E-state index is 5.56. The first kappa shape index (κ1) is 12.1. The van der Waals surface area contributed by atoms with Crippen LogP contribution >= 0.6 is 11.3 Å². The number of nitrogen functional groups attached to an aromatic ring is 1. The highest BCUT2D eigenvalue weighted by molar-refractivity contribution is 7.15. The zero-order chi connectivity index (χ0) is 13.4. The van der Waals surface area contributed by atoms with Gasteiger partial charge in [0, 0.05) is 10.3 Å². The van der Waals surface area contributed by atoms with Gasteiger partial charge in [-0.05, 0) is 37.6 Å². The predicted octanol–water partition coefficient (Wildman–Crippen LogP) is 3.26. The topological polar surface area (TPSA) is 63.8 Å². The van der Waals surface area contributed by atoms with Gasteiger partial charge in [-0.2, -0.15) is 0 Å².